The number of halogens is 2. The first kappa shape index (κ1) is 19.4. The number of ether oxygens (including phenoxy) is 3. The number of benzene rings is 1. The van der Waals surface area contributed by atoms with Crippen molar-refractivity contribution in [1.82, 2.24) is 9.55 Å². The van der Waals surface area contributed by atoms with Crippen LogP contribution in [-0.2, 0) is 27.4 Å². The average Bonchev–Trinajstić information content (AvgIpc) is 2.94. The van der Waals surface area contributed by atoms with E-state index in [1.807, 2.05) is 4.98 Å². The summed E-state index contributed by atoms with van der Waals surface area (Å²) in [5.74, 6) is -1.59. The fourth-order valence-electron chi connectivity index (χ4n) is 2.83. The van der Waals surface area contributed by atoms with Crippen LogP contribution in [-0.4, -0.2) is 46.4 Å². The van der Waals surface area contributed by atoms with Crippen LogP contribution in [0.5, 0.6) is 0 Å². The van der Waals surface area contributed by atoms with Gasteiger partial charge in [0.1, 0.15) is 24.1 Å². The molecule has 146 valence electrons. The van der Waals surface area contributed by atoms with Crippen LogP contribution in [0.4, 0.5) is 8.78 Å². The van der Waals surface area contributed by atoms with E-state index in [1.54, 1.807) is 18.2 Å². The number of hydrogen-bond donors (Lipinski definition) is 2. The first-order valence-corrected chi connectivity index (χ1v) is 8.11. The highest BCUT2D eigenvalue weighted by atomic mass is 19.1. The van der Waals surface area contributed by atoms with Gasteiger partial charge in [0.05, 0.1) is 19.3 Å². The maximum atomic E-state index is 13.7. The SMILES string of the molecule is CO[C@H]1O[C@H](Cn2cc(F)c(=O)[nH]c2=O)[C@H](O)[C@H]1OCc1ccccc1F. The van der Waals surface area contributed by atoms with Crippen LogP contribution >= 0.6 is 0 Å². The number of aromatic amines is 1. The zero-order chi connectivity index (χ0) is 19.6. The predicted octanol–water partition coefficient (Wildman–Crippen LogP) is 0.132. The average molecular weight is 384 g/mol. The van der Waals surface area contributed by atoms with Crippen LogP contribution in [0.25, 0.3) is 0 Å². The van der Waals surface area contributed by atoms with Gasteiger partial charge in [-0.25, -0.2) is 9.18 Å². The normalized spacial score (nSPS) is 25.0. The fraction of sp³-hybridized carbons (Fsp3) is 0.412. The van der Waals surface area contributed by atoms with Gasteiger partial charge in [0.2, 0.25) is 5.82 Å². The zero-order valence-electron chi connectivity index (χ0n) is 14.3. The Balaban J connectivity index is 1.72. The van der Waals surface area contributed by atoms with Crippen LogP contribution in [0.3, 0.4) is 0 Å². The molecule has 0 bridgehead atoms. The first-order valence-electron chi connectivity index (χ1n) is 8.11. The summed E-state index contributed by atoms with van der Waals surface area (Å²) in [5, 5.41) is 10.5. The number of aliphatic hydroxyl groups is 1. The highest BCUT2D eigenvalue weighted by Crippen LogP contribution is 2.26. The molecule has 0 saturated carbocycles. The molecule has 1 saturated heterocycles. The molecule has 0 aliphatic carbocycles. The lowest BCUT2D eigenvalue weighted by Gasteiger charge is -2.20. The van der Waals surface area contributed by atoms with E-state index in [1.165, 1.54) is 13.2 Å². The number of nitrogens with zero attached hydrogens (tertiary/aromatic N) is 1. The Morgan fingerprint density at radius 3 is 2.70 bits per heavy atom. The van der Waals surface area contributed by atoms with E-state index in [0.29, 0.717) is 5.56 Å². The second-order valence-electron chi connectivity index (χ2n) is 6.02. The van der Waals surface area contributed by atoms with Crippen LogP contribution in [0.15, 0.2) is 40.1 Å². The van der Waals surface area contributed by atoms with Gasteiger partial charge in [-0.1, -0.05) is 18.2 Å². The molecular weight excluding hydrogens is 366 g/mol. The number of H-pyrrole nitrogens is 1. The number of nitrogens with one attached hydrogen (secondary N) is 1. The largest absolute Gasteiger partial charge is 0.387 e. The highest BCUT2D eigenvalue weighted by molar-refractivity contribution is 5.16. The molecule has 0 unspecified atom stereocenters. The highest BCUT2D eigenvalue weighted by Gasteiger charge is 2.45. The molecule has 0 amide bonds. The lowest BCUT2D eigenvalue weighted by molar-refractivity contribution is -0.166. The second kappa shape index (κ2) is 8.09. The minimum absolute atomic E-state index is 0.127. The van der Waals surface area contributed by atoms with Crippen molar-refractivity contribution >= 4 is 0 Å². The van der Waals surface area contributed by atoms with E-state index in [0.717, 1.165) is 10.8 Å². The van der Waals surface area contributed by atoms with Crippen LogP contribution < -0.4 is 11.2 Å². The molecule has 8 nitrogen and oxygen atoms in total. The summed E-state index contributed by atoms with van der Waals surface area (Å²) < 4.78 is 44.2. The third kappa shape index (κ3) is 4.14. The van der Waals surface area contributed by atoms with Crippen molar-refractivity contribution in [1.29, 1.82) is 0 Å². The summed E-state index contributed by atoms with van der Waals surface area (Å²) in [6.07, 6.45) is -3.40. The standard InChI is InChI=1S/C17H18F2N2O6/c1-25-16-14(26-8-9-4-2-3-5-10(9)18)13(22)12(27-16)7-21-6-11(19)15(23)20-17(21)24/h2-6,12-14,16,22H,7-8H2,1H3,(H,20,23,24)/t12-,13+,14-,16+/m1/s1. The van der Waals surface area contributed by atoms with Gasteiger partial charge in [-0.2, -0.15) is 4.39 Å². The lowest BCUT2D eigenvalue weighted by Crippen LogP contribution is -2.40. The van der Waals surface area contributed by atoms with Crippen molar-refractivity contribution in [3.63, 3.8) is 0 Å². The van der Waals surface area contributed by atoms with E-state index in [-0.39, 0.29) is 13.2 Å². The van der Waals surface area contributed by atoms with Crippen molar-refractivity contribution in [3.8, 4) is 0 Å². The fourth-order valence-corrected chi connectivity index (χ4v) is 2.83. The molecule has 0 spiro atoms. The van der Waals surface area contributed by atoms with Crippen molar-refractivity contribution in [2.24, 2.45) is 0 Å². The first-order chi connectivity index (χ1) is 12.9. The van der Waals surface area contributed by atoms with Crippen molar-refractivity contribution in [2.45, 2.75) is 37.8 Å². The van der Waals surface area contributed by atoms with Gasteiger partial charge in [0.15, 0.2) is 6.29 Å². The van der Waals surface area contributed by atoms with Gasteiger partial charge in [-0.3, -0.25) is 14.3 Å². The summed E-state index contributed by atoms with van der Waals surface area (Å²) in [5.41, 5.74) is -1.69. The number of methoxy groups -OCH3 is 1. The van der Waals surface area contributed by atoms with E-state index in [4.69, 9.17) is 14.2 Å². The molecule has 2 N–H and O–H groups in total. The third-order valence-electron chi connectivity index (χ3n) is 4.26. The molecule has 0 radical (unpaired) electrons. The van der Waals surface area contributed by atoms with Gasteiger partial charge in [0, 0.05) is 12.7 Å². The van der Waals surface area contributed by atoms with Gasteiger partial charge in [-0.05, 0) is 6.07 Å². The Hall–Kier alpha value is -2.40. The summed E-state index contributed by atoms with van der Waals surface area (Å²) in [7, 11) is 1.34. The van der Waals surface area contributed by atoms with Crippen LogP contribution in [0, 0.1) is 11.6 Å². The van der Waals surface area contributed by atoms with E-state index in [9.17, 15) is 23.5 Å². The van der Waals surface area contributed by atoms with Crippen LogP contribution in [0.1, 0.15) is 5.56 Å². The zero-order valence-corrected chi connectivity index (χ0v) is 14.3. The predicted molar refractivity (Wildman–Crippen MR) is 87.9 cm³/mol. The Labute approximate surface area is 151 Å². The Morgan fingerprint density at radius 1 is 1.26 bits per heavy atom. The smallest absolute Gasteiger partial charge is 0.328 e. The van der Waals surface area contributed by atoms with Gasteiger partial charge < -0.3 is 19.3 Å². The molecule has 3 rings (SSSR count). The molecule has 2 heterocycles. The molecule has 10 heteroatoms. The molecule has 1 fully saturated rings. The summed E-state index contributed by atoms with van der Waals surface area (Å²) in [4.78, 5) is 24.7. The molecule has 2 aromatic rings. The minimum Gasteiger partial charge on any atom is -0.387 e. The number of aliphatic hydroxyl groups excluding tert-OH is 1. The van der Waals surface area contributed by atoms with E-state index in [2.05, 4.69) is 0 Å². The van der Waals surface area contributed by atoms with Crippen molar-refractivity contribution < 1.29 is 28.1 Å². The molecule has 1 aromatic heterocycles. The molecule has 1 aliphatic rings. The molecule has 27 heavy (non-hydrogen) atoms. The number of aromatic nitrogens is 2. The van der Waals surface area contributed by atoms with E-state index >= 15 is 0 Å². The summed E-state index contributed by atoms with van der Waals surface area (Å²) >= 11 is 0. The maximum absolute atomic E-state index is 13.7. The third-order valence-corrected chi connectivity index (χ3v) is 4.26. The molecule has 4 atom stereocenters. The lowest BCUT2D eigenvalue weighted by atomic mass is 10.1. The van der Waals surface area contributed by atoms with Gasteiger partial charge in [-0.15, -0.1) is 0 Å². The second-order valence-corrected chi connectivity index (χ2v) is 6.02. The molecule has 1 aromatic carbocycles. The summed E-state index contributed by atoms with van der Waals surface area (Å²) in [6, 6.07) is 6.02. The number of hydrogen-bond acceptors (Lipinski definition) is 6. The van der Waals surface area contributed by atoms with Gasteiger partial charge in [0.25, 0.3) is 5.56 Å². The Morgan fingerprint density at radius 2 is 2.00 bits per heavy atom. The number of rotatable bonds is 6. The molecular formula is C17H18F2N2O6. The topological polar surface area (TPSA) is 103 Å². The Bertz CT molecular complexity index is 915. The quantitative estimate of drug-likeness (QED) is 0.734. The van der Waals surface area contributed by atoms with Gasteiger partial charge >= 0.3 is 5.69 Å². The molecule has 1 aliphatic heterocycles. The maximum Gasteiger partial charge on any atom is 0.328 e. The van der Waals surface area contributed by atoms with E-state index < -0.39 is 47.5 Å². The monoisotopic (exact) mass is 384 g/mol. The van der Waals surface area contributed by atoms with Crippen molar-refractivity contribution in [3.05, 3.63) is 68.5 Å². The van der Waals surface area contributed by atoms with Crippen LogP contribution in [0.2, 0.25) is 0 Å². The minimum atomic E-state index is -1.23. The van der Waals surface area contributed by atoms with Crippen molar-refractivity contribution in [2.75, 3.05) is 7.11 Å². The Kier molecular flexibility index (Phi) is 5.80. The summed E-state index contributed by atoms with van der Waals surface area (Å²) in [6.45, 7) is -0.370.